The van der Waals surface area contributed by atoms with E-state index in [1.165, 1.54) is 16.7 Å². The predicted octanol–water partition coefficient (Wildman–Crippen LogP) is 1.57. The van der Waals surface area contributed by atoms with Crippen LogP contribution in [-0.2, 0) is 16.1 Å². The summed E-state index contributed by atoms with van der Waals surface area (Å²) in [5.74, 6) is 0.999. The van der Waals surface area contributed by atoms with Gasteiger partial charge in [0.1, 0.15) is 6.54 Å². The molecule has 0 aliphatic carbocycles. The van der Waals surface area contributed by atoms with Gasteiger partial charge in [0.15, 0.2) is 11.0 Å². The van der Waals surface area contributed by atoms with Crippen molar-refractivity contribution < 1.29 is 19.6 Å². The molecule has 3 atom stereocenters. The summed E-state index contributed by atoms with van der Waals surface area (Å²) in [6.07, 6.45) is 0.761. The molecule has 0 saturated carbocycles. The summed E-state index contributed by atoms with van der Waals surface area (Å²) < 4.78 is 7.05. The molecule has 1 aliphatic heterocycles. The minimum Gasteiger partial charge on any atom is -0.465 e. The lowest BCUT2D eigenvalue weighted by Crippen LogP contribution is -3.16. The molecule has 1 aromatic heterocycles. The Morgan fingerprint density at radius 1 is 1.34 bits per heavy atom. The average Bonchev–Trinajstić information content (AvgIpc) is 3.12. The van der Waals surface area contributed by atoms with Crippen LogP contribution in [0.3, 0.4) is 0 Å². The zero-order chi connectivity index (χ0) is 20.8. The number of ether oxygens (including phenoxy) is 1. The molecular weight excluding hydrogens is 390 g/mol. The van der Waals surface area contributed by atoms with Crippen molar-refractivity contribution in [3.8, 4) is 5.69 Å². The fraction of sp³-hybridized carbons (Fsp3) is 0.500. The van der Waals surface area contributed by atoms with E-state index in [2.05, 4.69) is 29.2 Å². The largest absolute Gasteiger partial charge is 0.465 e. The normalized spacial score (nSPS) is 23.3. The number of hydrogen-bond acceptors (Lipinski definition) is 7. The Kier molecular flexibility index (Phi) is 7.27. The molecule has 1 fully saturated rings. The Morgan fingerprint density at radius 2 is 2.10 bits per heavy atom. The molecule has 3 rings (SSSR count). The first-order chi connectivity index (χ1) is 14.0. The van der Waals surface area contributed by atoms with Crippen LogP contribution >= 0.6 is 11.8 Å². The van der Waals surface area contributed by atoms with E-state index in [0.717, 1.165) is 30.2 Å². The van der Waals surface area contributed by atoms with Crippen LogP contribution in [0.5, 0.6) is 0 Å². The van der Waals surface area contributed by atoms with E-state index >= 15 is 0 Å². The summed E-state index contributed by atoms with van der Waals surface area (Å²) in [6.45, 7) is 7.97. The topological polar surface area (TPSA) is 94.0 Å². The summed E-state index contributed by atoms with van der Waals surface area (Å²) in [6, 6.07) is 10.2. The first-order valence-corrected chi connectivity index (χ1v) is 10.9. The molecule has 0 spiro atoms. The average molecular weight is 419 g/mol. The molecule has 1 aliphatic rings. The van der Waals surface area contributed by atoms with Crippen molar-refractivity contribution in [2.24, 2.45) is 11.1 Å². The molecule has 9 heteroatoms. The number of rotatable bonds is 7. The second-order valence-electron chi connectivity index (χ2n) is 7.30. The molecule has 8 nitrogen and oxygen atoms in total. The zero-order valence-corrected chi connectivity index (χ0v) is 17.9. The molecule has 2 heterocycles. The van der Waals surface area contributed by atoms with Gasteiger partial charge in [0, 0.05) is 18.0 Å². The Labute approximate surface area is 174 Å². The highest BCUT2D eigenvalue weighted by molar-refractivity contribution is 7.99. The Balaban J connectivity index is 1.84. The number of benzene rings is 1. The van der Waals surface area contributed by atoms with Crippen LogP contribution in [0, 0.1) is 5.92 Å². The lowest BCUT2D eigenvalue weighted by atomic mass is 9.93. The van der Waals surface area contributed by atoms with Gasteiger partial charge in [0.25, 0.3) is 0 Å². The lowest BCUT2D eigenvalue weighted by molar-refractivity contribution is -0.941. The van der Waals surface area contributed by atoms with Crippen molar-refractivity contribution in [2.75, 3.05) is 18.9 Å². The number of oxime groups is 1. The molecule has 0 radical (unpaired) electrons. The number of carbonyl (C=O) groups excluding carboxylic acids is 1. The van der Waals surface area contributed by atoms with Gasteiger partial charge in [-0.25, -0.2) is 0 Å². The van der Waals surface area contributed by atoms with E-state index in [9.17, 15) is 10.0 Å². The Bertz CT molecular complexity index is 855. The molecule has 2 N–H and O–H groups in total. The maximum atomic E-state index is 11.8. The second kappa shape index (κ2) is 9.89. The number of aromatic nitrogens is 3. The minimum atomic E-state index is -0.262. The highest BCUT2D eigenvalue weighted by Crippen LogP contribution is 2.22. The first kappa shape index (κ1) is 21.3. The molecule has 1 unspecified atom stereocenters. The summed E-state index contributed by atoms with van der Waals surface area (Å²) in [5.41, 5.74) is 1.82. The van der Waals surface area contributed by atoms with Crippen molar-refractivity contribution in [1.29, 1.82) is 0 Å². The summed E-state index contributed by atoms with van der Waals surface area (Å²) in [4.78, 5) is 13.2. The van der Waals surface area contributed by atoms with Gasteiger partial charge in [-0.3, -0.25) is 9.36 Å². The molecule has 1 aromatic carbocycles. The number of hydrogen-bond donors (Lipinski definition) is 2. The fourth-order valence-corrected chi connectivity index (χ4v) is 4.40. The van der Waals surface area contributed by atoms with Crippen LogP contribution in [0.4, 0.5) is 0 Å². The van der Waals surface area contributed by atoms with Gasteiger partial charge in [0.2, 0.25) is 0 Å². The number of nitrogens with zero attached hydrogens (tertiary/aromatic N) is 4. The van der Waals surface area contributed by atoms with Crippen LogP contribution in [0.15, 0.2) is 40.6 Å². The third kappa shape index (κ3) is 5.16. The molecule has 29 heavy (non-hydrogen) atoms. The first-order valence-electron chi connectivity index (χ1n) is 9.87. The molecule has 2 aromatic rings. The summed E-state index contributed by atoms with van der Waals surface area (Å²) in [7, 11) is 0. The van der Waals surface area contributed by atoms with E-state index in [1.807, 2.05) is 34.9 Å². The monoisotopic (exact) mass is 418 g/mol. The van der Waals surface area contributed by atoms with Gasteiger partial charge in [-0.05, 0) is 26.0 Å². The number of quaternary nitrogens is 1. The van der Waals surface area contributed by atoms with Crippen molar-refractivity contribution >= 4 is 23.4 Å². The predicted molar refractivity (Wildman–Crippen MR) is 111 cm³/mol. The van der Waals surface area contributed by atoms with Crippen LogP contribution in [0.2, 0.25) is 0 Å². The third-order valence-electron chi connectivity index (χ3n) is 5.20. The van der Waals surface area contributed by atoms with Gasteiger partial charge < -0.3 is 14.8 Å². The lowest BCUT2D eigenvalue weighted by Gasteiger charge is -2.33. The fourth-order valence-electron chi connectivity index (χ4n) is 3.63. The molecule has 0 bridgehead atoms. The number of carbonyl (C=O) groups is 1. The molecular formula is C20H28N5O3S+. The smallest absolute Gasteiger partial charge is 0.316 e. The number of thioether (sulfide) groups is 1. The SMILES string of the molecule is CCOC(=O)CSc1nnc(C[NH+]2C[C@H](C)/C(=N/O)C[C@@H]2C)n1-c1ccccc1. The maximum absolute atomic E-state index is 11.8. The van der Waals surface area contributed by atoms with Crippen molar-refractivity contribution in [3.05, 3.63) is 36.2 Å². The van der Waals surface area contributed by atoms with Gasteiger partial charge in [0.05, 0.1) is 30.7 Å². The van der Waals surface area contributed by atoms with E-state index in [4.69, 9.17) is 4.74 Å². The highest BCUT2D eigenvalue weighted by atomic mass is 32.2. The number of likely N-dealkylation sites (tertiary alicyclic amines) is 1. The Morgan fingerprint density at radius 3 is 2.79 bits per heavy atom. The summed E-state index contributed by atoms with van der Waals surface area (Å²) >= 11 is 1.33. The van der Waals surface area contributed by atoms with Crippen molar-refractivity contribution in [3.63, 3.8) is 0 Å². The van der Waals surface area contributed by atoms with Crippen LogP contribution < -0.4 is 4.90 Å². The van der Waals surface area contributed by atoms with E-state index in [0.29, 0.717) is 24.3 Å². The number of piperidine rings is 1. The van der Waals surface area contributed by atoms with Gasteiger partial charge in [-0.1, -0.05) is 42.0 Å². The molecule has 1 saturated heterocycles. The van der Waals surface area contributed by atoms with Crippen LogP contribution in [-0.4, -0.2) is 56.6 Å². The van der Waals surface area contributed by atoms with Gasteiger partial charge in [-0.15, -0.1) is 10.2 Å². The standard InChI is InChI=1S/C20H27N5O3S/c1-4-28-19(26)13-29-20-22-21-18(25(20)16-8-6-5-7-9-16)12-24-11-14(2)17(23-27)10-15(24)3/h5-9,14-15,27H,4,10-13H2,1-3H3/p+1/b23-17+/t14-,15-/m0/s1. The number of para-hydroxylation sites is 1. The maximum Gasteiger partial charge on any atom is 0.316 e. The summed E-state index contributed by atoms with van der Waals surface area (Å²) in [5, 5.41) is 22.2. The Hall–Kier alpha value is -2.39. The molecule has 156 valence electrons. The number of esters is 1. The van der Waals surface area contributed by atoms with E-state index < -0.39 is 0 Å². The van der Waals surface area contributed by atoms with E-state index in [-0.39, 0.29) is 17.6 Å². The number of nitrogens with one attached hydrogen (secondary N) is 1. The van der Waals surface area contributed by atoms with Gasteiger partial charge in [-0.2, -0.15) is 0 Å². The zero-order valence-electron chi connectivity index (χ0n) is 17.0. The quantitative estimate of drug-likeness (QED) is 0.307. The van der Waals surface area contributed by atoms with Crippen LogP contribution in [0.25, 0.3) is 5.69 Å². The third-order valence-corrected chi connectivity index (χ3v) is 6.10. The van der Waals surface area contributed by atoms with Crippen molar-refractivity contribution in [2.45, 2.75) is 44.9 Å². The van der Waals surface area contributed by atoms with Crippen LogP contribution in [0.1, 0.15) is 33.0 Å². The highest BCUT2D eigenvalue weighted by Gasteiger charge is 2.33. The van der Waals surface area contributed by atoms with E-state index in [1.54, 1.807) is 6.92 Å². The van der Waals surface area contributed by atoms with Gasteiger partial charge >= 0.3 is 5.97 Å². The second-order valence-corrected chi connectivity index (χ2v) is 8.24. The minimum absolute atomic E-state index is 0.194. The van der Waals surface area contributed by atoms with Crippen molar-refractivity contribution in [1.82, 2.24) is 14.8 Å². The molecule has 0 amide bonds.